The number of esters is 1. The summed E-state index contributed by atoms with van der Waals surface area (Å²) in [7, 11) is 0. The minimum absolute atomic E-state index is 0.0176. The van der Waals surface area contributed by atoms with Crippen LogP contribution in [0.3, 0.4) is 0 Å². The van der Waals surface area contributed by atoms with E-state index >= 15 is 0 Å². The van der Waals surface area contributed by atoms with Gasteiger partial charge in [0.05, 0.1) is 11.5 Å². The molecule has 1 N–H and O–H groups in total. The Morgan fingerprint density at radius 1 is 1.06 bits per heavy atom. The molecule has 0 amide bonds. The molecule has 2 aromatic carbocycles. The number of carbonyl (C=O) groups is 2. The van der Waals surface area contributed by atoms with E-state index in [0.717, 1.165) is 16.8 Å². The van der Waals surface area contributed by atoms with Crippen LogP contribution in [0.5, 0.6) is 0 Å². The van der Waals surface area contributed by atoms with Crippen LogP contribution in [0.1, 0.15) is 50.9 Å². The Morgan fingerprint density at radius 3 is 2.50 bits per heavy atom. The lowest BCUT2D eigenvalue weighted by molar-refractivity contribution is -0.140. The number of nitrogens with one attached hydrogen (secondary N) is 1. The Labute approximate surface area is 215 Å². The van der Waals surface area contributed by atoms with E-state index in [9.17, 15) is 9.59 Å². The van der Waals surface area contributed by atoms with E-state index in [1.165, 1.54) is 0 Å². The summed E-state index contributed by atoms with van der Waals surface area (Å²) in [6, 6.07) is 20.6. The molecule has 1 atom stereocenters. The first kappa shape index (κ1) is 24.1. The zero-order valence-electron chi connectivity index (χ0n) is 20.6. The van der Waals surface area contributed by atoms with Crippen molar-refractivity contribution in [3.63, 3.8) is 0 Å². The Bertz CT molecular complexity index is 1380. The number of hydrogen-bond acceptors (Lipinski definition) is 5. The molecule has 1 aliphatic heterocycles. The Morgan fingerprint density at radius 2 is 1.78 bits per heavy atom. The second-order valence-electron chi connectivity index (χ2n) is 10.2. The second kappa shape index (κ2) is 9.47. The molecule has 2 aliphatic rings. The third-order valence-electron chi connectivity index (χ3n) is 6.71. The third-order valence-corrected chi connectivity index (χ3v) is 6.96. The smallest absolute Gasteiger partial charge is 0.337 e. The zero-order chi connectivity index (χ0) is 25.4. The molecule has 0 saturated heterocycles. The quantitative estimate of drug-likeness (QED) is 0.383. The monoisotopic (exact) mass is 501 g/mol. The van der Waals surface area contributed by atoms with Gasteiger partial charge in [0, 0.05) is 34.0 Å². The SMILES string of the molecule is CC1=C(C(=O)OCc2ccccc2)[C@H](c2ccc(-c3ccc(Cl)cc3)o2)C2=C(CC(C)(C)CC2=O)N1. The van der Waals surface area contributed by atoms with E-state index in [-0.39, 0.29) is 17.8 Å². The maximum Gasteiger partial charge on any atom is 0.337 e. The summed E-state index contributed by atoms with van der Waals surface area (Å²) in [4.78, 5) is 26.9. The molecule has 3 aromatic rings. The van der Waals surface area contributed by atoms with Crippen LogP contribution < -0.4 is 5.32 Å². The van der Waals surface area contributed by atoms with Crippen LogP contribution in [0.15, 0.2) is 93.7 Å². The summed E-state index contributed by atoms with van der Waals surface area (Å²) < 4.78 is 12.0. The maximum absolute atomic E-state index is 13.5. The van der Waals surface area contributed by atoms with Crippen molar-refractivity contribution < 1.29 is 18.7 Å². The van der Waals surface area contributed by atoms with Crippen LogP contribution >= 0.6 is 11.6 Å². The van der Waals surface area contributed by atoms with Gasteiger partial charge in [-0.15, -0.1) is 0 Å². The highest BCUT2D eigenvalue weighted by atomic mass is 35.5. The normalized spacial score (nSPS) is 19.1. The van der Waals surface area contributed by atoms with Gasteiger partial charge in [0.15, 0.2) is 5.78 Å². The van der Waals surface area contributed by atoms with E-state index in [0.29, 0.717) is 46.2 Å². The van der Waals surface area contributed by atoms with Gasteiger partial charge in [-0.1, -0.05) is 55.8 Å². The van der Waals surface area contributed by atoms with E-state index < -0.39 is 11.9 Å². The fraction of sp³-hybridized carbons (Fsp3) is 0.267. The average Bonchev–Trinajstić information content (AvgIpc) is 3.32. The molecule has 1 aliphatic carbocycles. The number of furan rings is 1. The Kier molecular flexibility index (Phi) is 6.35. The van der Waals surface area contributed by atoms with Gasteiger partial charge in [-0.25, -0.2) is 4.79 Å². The van der Waals surface area contributed by atoms with Crippen molar-refractivity contribution >= 4 is 23.4 Å². The van der Waals surface area contributed by atoms with Crippen LogP contribution in [0.4, 0.5) is 0 Å². The van der Waals surface area contributed by atoms with Crippen LogP contribution in [-0.4, -0.2) is 11.8 Å². The second-order valence-corrected chi connectivity index (χ2v) is 10.6. The predicted octanol–water partition coefficient (Wildman–Crippen LogP) is 6.95. The molecule has 0 fully saturated rings. The van der Waals surface area contributed by atoms with Gasteiger partial charge in [-0.05, 0) is 60.7 Å². The van der Waals surface area contributed by atoms with E-state index in [1.54, 1.807) is 12.1 Å². The lowest BCUT2D eigenvalue weighted by Gasteiger charge is -2.38. The molecule has 36 heavy (non-hydrogen) atoms. The van der Waals surface area contributed by atoms with Crippen LogP contribution in [0, 0.1) is 5.41 Å². The molecule has 1 aromatic heterocycles. The molecule has 0 spiro atoms. The van der Waals surface area contributed by atoms with Gasteiger partial charge < -0.3 is 14.5 Å². The molecule has 0 saturated carbocycles. The summed E-state index contributed by atoms with van der Waals surface area (Å²) in [5, 5.41) is 3.99. The number of halogens is 1. The Balaban J connectivity index is 1.54. The number of ketones is 1. The standard InChI is InChI=1S/C30H28ClNO4/c1-18-26(29(34)35-17-19-7-5-4-6-8-19)28(27-22(32-18)15-30(2,3)16-23(27)33)25-14-13-24(36-25)20-9-11-21(31)12-10-20/h4-14,28,32H,15-17H2,1-3H3/t28-/m0/s1. The van der Waals surface area contributed by atoms with E-state index in [2.05, 4.69) is 19.2 Å². The lowest BCUT2D eigenvalue weighted by atomic mass is 9.69. The first-order valence-electron chi connectivity index (χ1n) is 12.0. The fourth-order valence-electron chi connectivity index (χ4n) is 5.07. The van der Waals surface area contributed by atoms with Crippen molar-refractivity contribution in [2.45, 2.75) is 46.1 Å². The van der Waals surface area contributed by atoms with Crippen molar-refractivity contribution in [2.75, 3.05) is 0 Å². The average molecular weight is 502 g/mol. The topological polar surface area (TPSA) is 68.5 Å². The number of benzene rings is 2. The zero-order valence-corrected chi connectivity index (χ0v) is 21.3. The summed E-state index contributed by atoms with van der Waals surface area (Å²) in [6.07, 6.45) is 1.11. The molecular weight excluding hydrogens is 474 g/mol. The molecule has 0 bridgehead atoms. The van der Waals surface area contributed by atoms with Crippen LogP contribution in [-0.2, 0) is 20.9 Å². The minimum atomic E-state index is -0.644. The van der Waals surface area contributed by atoms with E-state index in [1.807, 2.05) is 61.5 Å². The number of dihydropyridines is 1. The number of rotatable bonds is 5. The number of carbonyl (C=O) groups excluding carboxylic acids is 2. The van der Waals surface area contributed by atoms with Crippen molar-refractivity contribution in [3.8, 4) is 11.3 Å². The maximum atomic E-state index is 13.5. The summed E-state index contributed by atoms with van der Waals surface area (Å²) in [6.45, 7) is 6.16. The van der Waals surface area contributed by atoms with Gasteiger partial charge in [0.1, 0.15) is 18.1 Å². The van der Waals surface area contributed by atoms with E-state index in [4.69, 9.17) is 20.8 Å². The largest absolute Gasteiger partial charge is 0.460 e. The molecule has 0 radical (unpaired) electrons. The fourth-order valence-corrected chi connectivity index (χ4v) is 5.20. The predicted molar refractivity (Wildman–Crippen MR) is 139 cm³/mol. The van der Waals surface area contributed by atoms with Crippen LogP contribution in [0.25, 0.3) is 11.3 Å². The molecule has 184 valence electrons. The van der Waals surface area contributed by atoms with Crippen molar-refractivity contribution in [2.24, 2.45) is 5.41 Å². The lowest BCUT2D eigenvalue weighted by Crippen LogP contribution is -2.38. The van der Waals surface area contributed by atoms with Gasteiger partial charge in [-0.3, -0.25) is 4.79 Å². The third kappa shape index (κ3) is 4.76. The molecule has 2 heterocycles. The molecule has 5 rings (SSSR count). The van der Waals surface area contributed by atoms with Crippen molar-refractivity contribution in [1.82, 2.24) is 5.32 Å². The minimum Gasteiger partial charge on any atom is -0.460 e. The van der Waals surface area contributed by atoms with Crippen LogP contribution in [0.2, 0.25) is 5.02 Å². The number of allylic oxidation sites excluding steroid dienone is 3. The van der Waals surface area contributed by atoms with Gasteiger partial charge in [0.25, 0.3) is 0 Å². The van der Waals surface area contributed by atoms with Crippen molar-refractivity contribution in [1.29, 1.82) is 0 Å². The summed E-state index contributed by atoms with van der Waals surface area (Å²) >= 11 is 6.05. The molecule has 6 heteroatoms. The number of hydrogen-bond donors (Lipinski definition) is 1. The van der Waals surface area contributed by atoms with Gasteiger partial charge in [0.2, 0.25) is 0 Å². The highest BCUT2D eigenvalue weighted by Crippen LogP contribution is 2.47. The molecular formula is C30H28ClNO4. The number of Topliss-reactive ketones (excluding diaryl/α,β-unsaturated/α-hetero) is 1. The highest BCUT2D eigenvalue weighted by molar-refractivity contribution is 6.30. The number of ether oxygens (including phenoxy) is 1. The van der Waals surface area contributed by atoms with Crippen molar-refractivity contribution in [3.05, 3.63) is 106 Å². The molecule has 0 unspecified atom stereocenters. The Hall–Kier alpha value is -3.57. The first-order chi connectivity index (χ1) is 17.2. The van der Waals surface area contributed by atoms with Gasteiger partial charge in [-0.2, -0.15) is 0 Å². The van der Waals surface area contributed by atoms with Gasteiger partial charge >= 0.3 is 5.97 Å². The first-order valence-corrected chi connectivity index (χ1v) is 12.4. The summed E-state index contributed by atoms with van der Waals surface area (Å²) in [5.41, 5.74) is 4.09. The highest BCUT2D eigenvalue weighted by Gasteiger charge is 2.44. The molecule has 5 nitrogen and oxygen atoms in total. The summed E-state index contributed by atoms with van der Waals surface area (Å²) in [5.74, 6) is 0.0781.